The molecule has 0 bridgehead atoms. The minimum absolute atomic E-state index is 0.201. The van der Waals surface area contributed by atoms with E-state index < -0.39 is 39.6 Å². The second-order valence-corrected chi connectivity index (χ2v) is 4.82. The Morgan fingerprint density at radius 1 is 1.06 bits per heavy atom. The quantitative estimate of drug-likeness (QED) is 0.457. The molecule has 2 N–H and O–H groups in total. The number of rotatable bonds is 1. The molecule has 0 aromatic heterocycles. The average Bonchev–Trinajstić information content (AvgIpc) is 2.08. The summed E-state index contributed by atoms with van der Waals surface area (Å²) in [5.74, 6) is 0. The monoisotopic (exact) mass is 339 g/mol. The van der Waals surface area contributed by atoms with Crippen LogP contribution in [0.5, 0.6) is 0 Å². The van der Waals surface area contributed by atoms with Crippen molar-refractivity contribution in [2.75, 3.05) is 5.73 Å². The Balaban J connectivity index is 3.26. The van der Waals surface area contributed by atoms with Crippen LogP contribution in [0, 0.1) is 0 Å². The number of alkyl halides is 6. The van der Waals surface area contributed by atoms with Gasteiger partial charge in [0.25, 0.3) is 0 Å². The highest BCUT2D eigenvalue weighted by Gasteiger charge is 2.35. The molecular weight excluding hydrogens is 336 g/mol. The molecule has 1 rings (SSSR count). The third-order valence-corrected chi connectivity index (χ3v) is 3.54. The topological polar surface area (TPSA) is 26.0 Å². The SMILES string of the molecule is Nc1cc(C(F)(F)F)cc(SC(F)(F)F)c1Br. The molecule has 96 valence electrons. The van der Waals surface area contributed by atoms with Crippen molar-refractivity contribution in [1.29, 1.82) is 0 Å². The van der Waals surface area contributed by atoms with Gasteiger partial charge in [0.1, 0.15) is 0 Å². The van der Waals surface area contributed by atoms with Crippen molar-refractivity contribution in [3.63, 3.8) is 0 Å². The van der Waals surface area contributed by atoms with Gasteiger partial charge in [-0.1, -0.05) is 0 Å². The van der Waals surface area contributed by atoms with Crippen LogP contribution in [-0.4, -0.2) is 5.51 Å². The van der Waals surface area contributed by atoms with Gasteiger partial charge in [0, 0.05) is 10.6 Å². The number of nitrogen functional groups attached to an aromatic ring is 1. The van der Waals surface area contributed by atoms with E-state index >= 15 is 0 Å². The first-order valence-electron chi connectivity index (χ1n) is 3.92. The molecule has 17 heavy (non-hydrogen) atoms. The Hall–Kier alpha value is -0.570. The Morgan fingerprint density at radius 2 is 1.59 bits per heavy atom. The standard InChI is InChI=1S/C8H4BrF6NS/c9-6-4(16)1-3(7(10,11)12)2-5(6)17-8(13,14)15/h1-2H,16H2. The molecule has 1 aromatic rings. The number of halogens is 7. The van der Waals surface area contributed by atoms with Crippen LogP contribution in [0.15, 0.2) is 21.5 Å². The van der Waals surface area contributed by atoms with E-state index in [1.54, 1.807) is 0 Å². The summed E-state index contributed by atoms with van der Waals surface area (Å²) in [5, 5.41) is 0. The van der Waals surface area contributed by atoms with Crippen molar-refractivity contribution in [2.24, 2.45) is 0 Å². The lowest BCUT2D eigenvalue weighted by Gasteiger charge is -2.13. The van der Waals surface area contributed by atoms with Crippen LogP contribution in [0.2, 0.25) is 0 Å². The summed E-state index contributed by atoms with van der Waals surface area (Å²) < 4.78 is 73.2. The Morgan fingerprint density at radius 3 is 2.00 bits per heavy atom. The molecule has 0 fully saturated rings. The summed E-state index contributed by atoms with van der Waals surface area (Å²) in [6.07, 6.45) is -4.74. The molecule has 1 nitrogen and oxygen atoms in total. The number of thioether (sulfide) groups is 1. The summed E-state index contributed by atoms with van der Waals surface area (Å²) in [6, 6.07) is 0.975. The lowest BCUT2D eigenvalue weighted by molar-refractivity contribution is -0.137. The van der Waals surface area contributed by atoms with Gasteiger partial charge in [-0.25, -0.2) is 0 Å². The maximum absolute atomic E-state index is 12.4. The van der Waals surface area contributed by atoms with Crippen molar-refractivity contribution in [2.45, 2.75) is 16.6 Å². The molecule has 0 unspecified atom stereocenters. The predicted molar refractivity (Wildman–Crippen MR) is 55.5 cm³/mol. The third-order valence-electron chi connectivity index (χ3n) is 1.62. The van der Waals surface area contributed by atoms with E-state index in [4.69, 9.17) is 5.73 Å². The first kappa shape index (κ1) is 14.5. The molecule has 0 aliphatic carbocycles. The molecule has 0 radical (unpaired) electrons. The summed E-state index contributed by atoms with van der Waals surface area (Å²) in [6.45, 7) is 0. The summed E-state index contributed by atoms with van der Waals surface area (Å²) in [4.78, 5) is -0.621. The van der Waals surface area contributed by atoms with Gasteiger partial charge in [-0.3, -0.25) is 0 Å². The van der Waals surface area contributed by atoms with E-state index in [0.29, 0.717) is 12.1 Å². The average molecular weight is 340 g/mol. The van der Waals surface area contributed by atoms with Crippen molar-refractivity contribution < 1.29 is 26.3 Å². The summed E-state index contributed by atoms with van der Waals surface area (Å²) in [7, 11) is 0. The van der Waals surface area contributed by atoms with Crippen molar-refractivity contribution in [3.8, 4) is 0 Å². The van der Waals surface area contributed by atoms with Crippen LogP contribution in [0.25, 0.3) is 0 Å². The molecule has 1 aromatic carbocycles. The highest BCUT2D eigenvalue weighted by atomic mass is 79.9. The molecule has 9 heteroatoms. The lowest BCUT2D eigenvalue weighted by atomic mass is 10.2. The molecular formula is C8H4BrF6NS. The fourth-order valence-corrected chi connectivity index (χ4v) is 2.10. The van der Waals surface area contributed by atoms with Gasteiger partial charge in [0.2, 0.25) is 0 Å². The van der Waals surface area contributed by atoms with E-state index in [9.17, 15) is 26.3 Å². The fraction of sp³-hybridized carbons (Fsp3) is 0.250. The number of anilines is 1. The maximum atomic E-state index is 12.4. The maximum Gasteiger partial charge on any atom is 0.446 e. The van der Waals surface area contributed by atoms with Crippen LogP contribution in [0.3, 0.4) is 0 Å². The van der Waals surface area contributed by atoms with E-state index in [1.807, 2.05) is 0 Å². The first-order chi connectivity index (χ1) is 7.50. The molecule has 0 spiro atoms. The van der Waals surface area contributed by atoms with Gasteiger partial charge < -0.3 is 5.73 Å². The predicted octanol–water partition coefficient (Wildman–Crippen LogP) is 4.66. The second-order valence-electron chi connectivity index (χ2n) is 2.92. The zero-order valence-corrected chi connectivity index (χ0v) is 10.2. The van der Waals surface area contributed by atoms with E-state index in [2.05, 4.69) is 15.9 Å². The Bertz CT molecular complexity index is 427. The van der Waals surface area contributed by atoms with E-state index in [1.165, 1.54) is 0 Å². The van der Waals surface area contributed by atoms with Crippen molar-refractivity contribution in [1.82, 2.24) is 0 Å². The number of hydrogen-bond donors (Lipinski definition) is 1. The van der Waals surface area contributed by atoms with Crippen LogP contribution in [-0.2, 0) is 6.18 Å². The Kier molecular flexibility index (Phi) is 3.92. The molecule has 0 saturated heterocycles. The largest absolute Gasteiger partial charge is 0.446 e. The highest BCUT2D eigenvalue weighted by molar-refractivity contribution is 9.10. The van der Waals surface area contributed by atoms with Gasteiger partial charge in [0.15, 0.2) is 0 Å². The molecule has 0 aliphatic heterocycles. The van der Waals surface area contributed by atoms with E-state index in [0.717, 1.165) is 0 Å². The minimum Gasteiger partial charge on any atom is -0.398 e. The molecule has 0 amide bonds. The Labute approximate surface area is 104 Å². The zero-order chi connectivity index (χ0) is 13.4. The summed E-state index contributed by atoms with van der Waals surface area (Å²) in [5.41, 5.74) is -1.09. The van der Waals surface area contributed by atoms with Gasteiger partial charge in [0.05, 0.1) is 10.0 Å². The van der Waals surface area contributed by atoms with Crippen LogP contribution in [0.4, 0.5) is 32.0 Å². The van der Waals surface area contributed by atoms with Crippen molar-refractivity contribution in [3.05, 3.63) is 22.2 Å². The zero-order valence-electron chi connectivity index (χ0n) is 7.79. The molecule has 0 saturated carbocycles. The van der Waals surface area contributed by atoms with E-state index in [-0.39, 0.29) is 4.47 Å². The van der Waals surface area contributed by atoms with Crippen LogP contribution < -0.4 is 5.73 Å². The smallest absolute Gasteiger partial charge is 0.398 e. The second kappa shape index (κ2) is 4.60. The van der Waals surface area contributed by atoms with Gasteiger partial charge >= 0.3 is 11.7 Å². The highest BCUT2D eigenvalue weighted by Crippen LogP contribution is 2.44. The molecule has 0 aliphatic rings. The molecule has 0 heterocycles. The van der Waals surface area contributed by atoms with Gasteiger partial charge in [-0.05, 0) is 39.8 Å². The summed E-state index contributed by atoms with van der Waals surface area (Å²) >= 11 is 2.07. The lowest BCUT2D eigenvalue weighted by Crippen LogP contribution is -2.08. The van der Waals surface area contributed by atoms with Crippen LogP contribution in [0.1, 0.15) is 5.56 Å². The normalized spacial score (nSPS) is 12.9. The minimum atomic E-state index is -4.74. The fourth-order valence-electron chi connectivity index (χ4n) is 0.982. The third kappa shape index (κ3) is 3.98. The number of benzene rings is 1. The number of hydrogen-bond acceptors (Lipinski definition) is 2. The van der Waals surface area contributed by atoms with Crippen molar-refractivity contribution >= 4 is 33.4 Å². The number of nitrogens with two attached hydrogens (primary N) is 1. The van der Waals surface area contributed by atoms with Gasteiger partial charge in [-0.2, -0.15) is 26.3 Å². The molecule has 0 atom stereocenters. The van der Waals surface area contributed by atoms with Crippen LogP contribution >= 0.6 is 27.7 Å². The van der Waals surface area contributed by atoms with Gasteiger partial charge in [-0.15, -0.1) is 0 Å². The first-order valence-corrected chi connectivity index (χ1v) is 5.53.